The standard InChI is InChI=1S/C16H13NO6/c1-23-16(22)10-4-2-3-9(7-10)14(19)17-11-5-6-13(18)12(8-11)15(20)21/h2-8,18H,1H3,(H,17,19)(H,20,21). The lowest BCUT2D eigenvalue weighted by molar-refractivity contribution is 0.0599. The molecule has 3 N–H and O–H groups in total. The first-order chi connectivity index (χ1) is 10.9. The smallest absolute Gasteiger partial charge is 0.339 e. The molecule has 23 heavy (non-hydrogen) atoms. The van der Waals surface area contributed by atoms with E-state index in [1.807, 2.05) is 0 Å². The Morgan fingerprint density at radius 1 is 1.04 bits per heavy atom. The molecule has 2 aromatic carbocycles. The molecule has 0 radical (unpaired) electrons. The first-order valence-corrected chi connectivity index (χ1v) is 6.48. The summed E-state index contributed by atoms with van der Waals surface area (Å²) >= 11 is 0. The van der Waals surface area contributed by atoms with E-state index in [9.17, 15) is 19.5 Å². The van der Waals surface area contributed by atoms with Gasteiger partial charge in [-0.2, -0.15) is 0 Å². The fourth-order valence-corrected chi connectivity index (χ4v) is 1.89. The zero-order valence-corrected chi connectivity index (χ0v) is 12.1. The number of aromatic carboxylic acids is 1. The summed E-state index contributed by atoms with van der Waals surface area (Å²) in [5.74, 6) is -2.82. The van der Waals surface area contributed by atoms with E-state index in [4.69, 9.17) is 5.11 Å². The van der Waals surface area contributed by atoms with Crippen LogP contribution in [0.15, 0.2) is 42.5 Å². The topological polar surface area (TPSA) is 113 Å². The average molecular weight is 315 g/mol. The molecular formula is C16H13NO6. The van der Waals surface area contributed by atoms with Gasteiger partial charge in [0.05, 0.1) is 12.7 Å². The number of carbonyl (C=O) groups is 3. The van der Waals surface area contributed by atoms with Crippen LogP contribution in [0.25, 0.3) is 0 Å². The van der Waals surface area contributed by atoms with Crippen molar-refractivity contribution in [3.8, 4) is 5.75 Å². The molecule has 0 heterocycles. The number of ether oxygens (including phenoxy) is 1. The van der Waals surface area contributed by atoms with Gasteiger partial charge in [-0.25, -0.2) is 9.59 Å². The van der Waals surface area contributed by atoms with Crippen LogP contribution in [0.1, 0.15) is 31.1 Å². The molecule has 0 unspecified atom stereocenters. The molecule has 0 aliphatic rings. The van der Waals surface area contributed by atoms with Crippen LogP contribution < -0.4 is 5.32 Å². The van der Waals surface area contributed by atoms with Gasteiger partial charge in [0.1, 0.15) is 11.3 Å². The van der Waals surface area contributed by atoms with Crippen molar-refractivity contribution in [1.82, 2.24) is 0 Å². The summed E-state index contributed by atoms with van der Waals surface area (Å²) in [4.78, 5) is 34.6. The molecule has 2 aromatic rings. The van der Waals surface area contributed by atoms with Crippen molar-refractivity contribution in [3.63, 3.8) is 0 Å². The molecule has 0 saturated carbocycles. The molecule has 0 bridgehead atoms. The van der Waals surface area contributed by atoms with Gasteiger partial charge in [-0.05, 0) is 36.4 Å². The third-order valence-corrected chi connectivity index (χ3v) is 3.03. The van der Waals surface area contributed by atoms with Gasteiger partial charge < -0.3 is 20.3 Å². The van der Waals surface area contributed by atoms with E-state index in [1.54, 1.807) is 0 Å². The molecule has 7 heteroatoms. The number of amides is 1. The monoisotopic (exact) mass is 315 g/mol. The number of methoxy groups -OCH3 is 1. The fourth-order valence-electron chi connectivity index (χ4n) is 1.89. The van der Waals surface area contributed by atoms with Crippen molar-refractivity contribution < 1.29 is 29.3 Å². The van der Waals surface area contributed by atoms with Crippen LogP contribution in [0.3, 0.4) is 0 Å². The summed E-state index contributed by atoms with van der Waals surface area (Å²) in [6.07, 6.45) is 0. The molecule has 0 aliphatic carbocycles. The summed E-state index contributed by atoms with van der Waals surface area (Å²) in [5.41, 5.74) is 0.301. The Balaban J connectivity index is 2.24. The quantitative estimate of drug-likeness (QED) is 0.588. The zero-order chi connectivity index (χ0) is 17.0. The summed E-state index contributed by atoms with van der Waals surface area (Å²) in [5, 5.41) is 20.9. The van der Waals surface area contributed by atoms with Crippen molar-refractivity contribution in [2.24, 2.45) is 0 Å². The first kappa shape index (κ1) is 16.0. The van der Waals surface area contributed by atoms with Crippen molar-refractivity contribution in [3.05, 3.63) is 59.2 Å². The molecule has 7 nitrogen and oxygen atoms in total. The number of nitrogens with one attached hydrogen (secondary N) is 1. The summed E-state index contributed by atoms with van der Waals surface area (Å²) in [6.45, 7) is 0. The maximum Gasteiger partial charge on any atom is 0.339 e. The van der Waals surface area contributed by atoms with Gasteiger partial charge in [0.2, 0.25) is 0 Å². The number of benzene rings is 2. The molecule has 2 rings (SSSR count). The Kier molecular flexibility index (Phi) is 4.61. The number of hydrogen-bond donors (Lipinski definition) is 3. The normalized spacial score (nSPS) is 9.96. The van der Waals surface area contributed by atoms with Crippen LogP contribution in [0, 0.1) is 0 Å². The fraction of sp³-hybridized carbons (Fsp3) is 0.0625. The van der Waals surface area contributed by atoms with Gasteiger partial charge in [0, 0.05) is 11.3 Å². The Morgan fingerprint density at radius 2 is 1.74 bits per heavy atom. The number of carboxylic acid groups (broad SMARTS) is 1. The minimum absolute atomic E-state index is 0.202. The van der Waals surface area contributed by atoms with Gasteiger partial charge in [-0.3, -0.25) is 4.79 Å². The van der Waals surface area contributed by atoms with E-state index in [2.05, 4.69) is 10.1 Å². The predicted octanol–water partition coefficient (Wildman–Crippen LogP) is 2.13. The molecule has 0 aliphatic heterocycles. The Hall–Kier alpha value is -3.35. The van der Waals surface area contributed by atoms with Gasteiger partial charge >= 0.3 is 11.9 Å². The molecule has 0 saturated heterocycles. The Labute approximate surface area is 131 Å². The second-order valence-electron chi connectivity index (χ2n) is 4.56. The summed E-state index contributed by atoms with van der Waals surface area (Å²) < 4.78 is 4.58. The van der Waals surface area contributed by atoms with Crippen LogP contribution in [0.5, 0.6) is 5.75 Å². The minimum Gasteiger partial charge on any atom is -0.507 e. The van der Waals surface area contributed by atoms with Gasteiger partial charge in [-0.15, -0.1) is 0 Å². The summed E-state index contributed by atoms with van der Waals surface area (Å²) in [6, 6.07) is 9.57. The lowest BCUT2D eigenvalue weighted by Gasteiger charge is -2.08. The number of carboxylic acids is 1. The number of hydrogen-bond acceptors (Lipinski definition) is 5. The Bertz CT molecular complexity index is 784. The number of rotatable bonds is 4. The highest BCUT2D eigenvalue weighted by atomic mass is 16.5. The maximum atomic E-state index is 12.2. The lowest BCUT2D eigenvalue weighted by Crippen LogP contribution is -2.13. The van der Waals surface area contributed by atoms with E-state index in [-0.39, 0.29) is 22.4 Å². The minimum atomic E-state index is -1.31. The van der Waals surface area contributed by atoms with Crippen molar-refractivity contribution in [2.45, 2.75) is 0 Å². The number of aromatic hydroxyl groups is 1. The van der Waals surface area contributed by atoms with Crippen LogP contribution >= 0.6 is 0 Å². The van der Waals surface area contributed by atoms with Crippen LogP contribution in [-0.2, 0) is 4.74 Å². The molecule has 0 atom stereocenters. The molecular weight excluding hydrogens is 302 g/mol. The third-order valence-electron chi connectivity index (χ3n) is 3.03. The van der Waals surface area contributed by atoms with E-state index < -0.39 is 23.6 Å². The number of phenols is 1. The van der Waals surface area contributed by atoms with Crippen LogP contribution in [0.4, 0.5) is 5.69 Å². The largest absolute Gasteiger partial charge is 0.507 e. The summed E-state index contributed by atoms with van der Waals surface area (Å²) in [7, 11) is 1.24. The lowest BCUT2D eigenvalue weighted by atomic mass is 10.1. The average Bonchev–Trinajstić information content (AvgIpc) is 2.55. The van der Waals surface area contributed by atoms with Crippen molar-refractivity contribution in [1.29, 1.82) is 0 Å². The first-order valence-electron chi connectivity index (χ1n) is 6.48. The SMILES string of the molecule is COC(=O)c1cccc(C(=O)Nc2ccc(O)c(C(=O)O)c2)c1. The van der Waals surface area contributed by atoms with E-state index in [0.717, 1.165) is 6.07 Å². The highest BCUT2D eigenvalue weighted by molar-refractivity contribution is 6.06. The van der Waals surface area contributed by atoms with E-state index in [1.165, 1.54) is 43.5 Å². The van der Waals surface area contributed by atoms with Crippen molar-refractivity contribution in [2.75, 3.05) is 12.4 Å². The predicted molar refractivity (Wildman–Crippen MR) is 80.8 cm³/mol. The second kappa shape index (κ2) is 6.61. The molecule has 0 spiro atoms. The molecule has 0 fully saturated rings. The zero-order valence-electron chi connectivity index (χ0n) is 12.1. The van der Waals surface area contributed by atoms with Gasteiger partial charge in [0.25, 0.3) is 5.91 Å². The second-order valence-corrected chi connectivity index (χ2v) is 4.56. The highest BCUT2D eigenvalue weighted by Gasteiger charge is 2.14. The number of anilines is 1. The Morgan fingerprint density at radius 3 is 2.39 bits per heavy atom. The highest BCUT2D eigenvalue weighted by Crippen LogP contribution is 2.22. The van der Waals surface area contributed by atoms with Gasteiger partial charge in [0.15, 0.2) is 0 Å². The van der Waals surface area contributed by atoms with Crippen LogP contribution in [0.2, 0.25) is 0 Å². The van der Waals surface area contributed by atoms with Gasteiger partial charge in [-0.1, -0.05) is 6.07 Å². The molecule has 1 amide bonds. The third kappa shape index (κ3) is 3.65. The molecule has 0 aromatic heterocycles. The van der Waals surface area contributed by atoms with Crippen molar-refractivity contribution >= 4 is 23.5 Å². The number of esters is 1. The van der Waals surface area contributed by atoms with E-state index >= 15 is 0 Å². The number of carbonyl (C=O) groups excluding carboxylic acids is 2. The molecule has 118 valence electrons. The van der Waals surface area contributed by atoms with E-state index in [0.29, 0.717) is 0 Å². The maximum absolute atomic E-state index is 12.2. The van der Waals surface area contributed by atoms with Crippen LogP contribution in [-0.4, -0.2) is 35.2 Å².